The van der Waals surface area contributed by atoms with E-state index in [4.69, 9.17) is 0 Å². The summed E-state index contributed by atoms with van der Waals surface area (Å²) in [5, 5.41) is 0.779. The first kappa shape index (κ1) is 17.3. The van der Waals surface area contributed by atoms with Crippen LogP contribution in [0.1, 0.15) is 32.1 Å². The van der Waals surface area contributed by atoms with E-state index in [-0.39, 0.29) is 5.91 Å². The molecule has 2 aromatic heterocycles. The number of hydrogen-bond acceptors (Lipinski definition) is 4. The van der Waals surface area contributed by atoms with Gasteiger partial charge in [-0.05, 0) is 44.0 Å². The molecular formula is C20H21N3OS. The van der Waals surface area contributed by atoms with E-state index >= 15 is 0 Å². The van der Waals surface area contributed by atoms with Gasteiger partial charge in [0.25, 0.3) is 5.91 Å². The molecule has 0 saturated heterocycles. The Bertz CT molecular complexity index is 903. The van der Waals surface area contributed by atoms with Crippen molar-refractivity contribution in [3.8, 4) is 10.7 Å². The van der Waals surface area contributed by atoms with Crippen LogP contribution in [0.15, 0.2) is 42.6 Å². The molecule has 2 heterocycles. The lowest BCUT2D eigenvalue weighted by atomic mass is 10.1. The second-order valence-electron chi connectivity index (χ2n) is 6.24. The first-order valence-corrected chi connectivity index (χ1v) is 8.98. The van der Waals surface area contributed by atoms with Gasteiger partial charge in [-0.25, -0.2) is 4.98 Å². The summed E-state index contributed by atoms with van der Waals surface area (Å²) in [5.41, 5.74) is 5.15. The van der Waals surface area contributed by atoms with Crippen molar-refractivity contribution in [1.82, 2.24) is 14.9 Å². The second-order valence-corrected chi connectivity index (χ2v) is 7.24. The van der Waals surface area contributed by atoms with Crippen molar-refractivity contribution >= 4 is 17.2 Å². The lowest BCUT2D eigenvalue weighted by molar-refractivity contribution is 0.0789. The highest BCUT2D eigenvalue weighted by Gasteiger charge is 2.20. The van der Waals surface area contributed by atoms with Crippen molar-refractivity contribution in [1.29, 1.82) is 0 Å². The first-order chi connectivity index (χ1) is 12.0. The Hall–Kier alpha value is -2.53. The van der Waals surface area contributed by atoms with Gasteiger partial charge in [0, 0.05) is 19.8 Å². The molecule has 3 rings (SSSR count). The number of aryl methyl sites for hydroxylation is 3. The molecule has 1 aromatic carbocycles. The number of hydrogen-bond donors (Lipinski definition) is 0. The third kappa shape index (κ3) is 3.77. The molecule has 0 atom stereocenters. The molecule has 5 heteroatoms. The predicted molar refractivity (Wildman–Crippen MR) is 102 cm³/mol. The highest BCUT2D eigenvalue weighted by atomic mass is 32.1. The van der Waals surface area contributed by atoms with E-state index in [1.54, 1.807) is 11.1 Å². The van der Waals surface area contributed by atoms with E-state index in [1.807, 2.05) is 32.2 Å². The van der Waals surface area contributed by atoms with E-state index in [0.717, 1.165) is 22.0 Å². The summed E-state index contributed by atoms with van der Waals surface area (Å²) in [5.74, 6) is -0.00263. The number of carbonyl (C=O) groups excluding carboxylic acids is 1. The zero-order valence-electron chi connectivity index (χ0n) is 14.9. The third-order valence-electron chi connectivity index (χ3n) is 4.13. The highest BCUT2D eigenvalue weighted by Crippen LogP contribution is 2.27. The normalized spacial score (nSPS) is 10.7. The van der Waals surface area contributed by atoms with Crippen molar-refractivity contribution in [2.24, 2.45) is 0 Å². The zero-order chi connectivity index (χ0) is 18.0. The molecule has 0 radical (unpaired) electrons. The summed E-state index contributed by atoms with van der Waals surface area (Å²) in [4.78, 5) is 24.1. The lowest BCUT2D eigenvalue weighted by Crippen LogP contribution is -2.26. The van der Waals surface area contributed by atoms with E-state index in [2.05, 4.69) is 42.0 Å². The van der Waals surface area contributed by atoms with Crippen LogP contribution in [0.4, 0.5) is 0 Å². The maximum Gasteiger partial charge on any atom is 0.265 e. The molecule has 0 saturated carbocycles. The number of aromatic nitrogens is 2. The molecule has 0 bridgehead atoms. The van der Waals surface area contributed by atoms with Gasteiger partial charge in [-0.2, -0.15) is 0 Å². The van der Waals surface area contributed by atoms with Crippen molar-refractivity contribution in [2.75, 3.05) is 7.05 Å². The largest absolute Gasteiger partial charge is 0.337 e. The van der Waals surface area contributed by atoms with E-state index in [0.29, 0.717) is 11.4 Å². The summed E-state index contributed by atoms with van der Waals surface area (Å²) in [6.07, 6.45) is 1.74. The number of pyridine rings is 1. The Morgan fingerprint density at radius 1 is 1.16 bits per heavy atom. The van der Waals surface area contributed by atoms with Crippen molar-refractivity contribution in [3.05, 3.63) is 69.9 Å². The van der Waals surface area contributed by atoms with Crippen molar-refractivity contribution < 1.29 is 4.79 Å². The molecule has 3 aromatic rings. The number of nitrogens with zero attached hydrogens (tertiary/aromatic N) is 3. The standard InChI is InChI=1S/C20H21N3OS/c1-13-8-9-16(14(2)11-13)12-23(4)20(24)18-15(3)22-19(25-18)17-7-5-6-10-21-17/h5-11H,12H2,1-4H3. The first-order valence-electron chi connectivity index (χ1n) is 8.16. The van der Waals surface area contributed by atoms with Crippen LogP contribution in [0.5, 0.6) is 0 Å². The van der Waals surface area contributed by atoms with Crippen LogP contribution >= 0.6 is 11.3 Å². The zero-order valence-corrected chi connectivity index (χ0v) is 15.7. The monoisotopic (exact) mass is 351 g/mol. The molecule has 128 valence electrons. The smallest absolute Gasteiger partial charge is 0.265 e. The minimum Gasteiger partial charge on any atom is -0.337 e. The van der Waals surface area contributed by atoms with Gasteiger partial charge in [-0.15, -0.1) is 11.3 Å². The number of rotatable bonds is 4. The van der Waals surface area contributed by atoms with Gasteiger partial charge >= 0.3 is 0 Å². The molecule has 1 amide bonds. The maximum absolute atomic E-state index is 12.9. The van der Waals surface area contributed by atoms with Gasteiger partial charge < -0.3 is 4.90 Å². The van der Waals surface area contributed by atoms with Crippen LogP contribution in [-0.2, 0) is 6.54 Å². The molecular weight excluding hydrogens is 330 g/mol. The van der Waals surface area contributed by atoms with Crippen LogP contribution in [0.25, 0.3) is 10.7 Å². The van der Waals surface area contributed by atoms with Crippen LogP contribution < -0.4 is 0 Å². The number of amides is 1. The fourth-order valence-corrected chi connectivity index (χ4v) is 3.76. The van der Waals surface area contributed by atoms with Gasteiger partial charge in [0.2, 0.25) is 0 Å². The summed E-state index contributed by atoms with van der Waals surface area (Å²) < 4.78 is 0. The predicted octanol–water partition coefficient (Wildman–Crippen LogP) is 4.40. The molecule has 0 aliphatic heterocycles. The van der Waals surface area contributed by atoms with Crippen LogP contribution in [-0.4, -0.2) is 27.8 Å². The van der Waals surface area contributed by atoms with Crippen LogP contribution in [0.3, 0.4) is 0 Å². The summed E-state index contributed by atoms with van der Waals surface area (Å²) in [6, 6.07) is 12.0. The fraction of sp³-hybridized carbons (Fsp3) is 0.250. The Labute approximate surface area is 152 Å². The van der Waals surface area contributed by atoms with Gasteiger partial charge in [-0.1, -0.05) is 29.8 Å². The third-order valence-corrected chi connectivity index (χ3v) is 5.30. The van der Waals surface area contributed by atoms with Gasteiger partial charge in [-0.3, -0.25) is 9.78 Å². The lowest BCUT2D eigenvalue weighted by Gasteiger charge is -2.18. The number of benzene rings is 1. The molecule has 0 unspecified atom stereocenters. The van der Waals surface area contributed by atoms with E-state index in [1.165, 1.54) is 22.5 Å². The molecule has 0 fully saturated rings. The Kier molecular flexibility index (Phi) is 4.95. The van der Waals surface area contributed by atoms with Crippen LogP contribution in [0.2, 0.25) is 0 Å². The number of carbonyl (C=O) groups is 1. The Morgan fingerprint density at radius 2 is 1.96 bits per heavy atom. The topological polar surface area (TPSA) is 46.1 Å². The maximum atomic E-state index is 12.9. The molecule has 0 aliphatic carbocycles. The SMILES string of the molecule is Cc1ccc(CN(C)C(=O)c2sc(-c3ccccn3)nc2C)c(C)c1. The molecule has 0 N–H and O–H groups in total. The second kappa shape index (κ2) is 7.15. The molecule has 0 spiro atoms. The van der Waals surface area contributed by atoms with Crippen molar-refractivity contribution in [3.63, 3.8) is 0 Å². The summed E-state index contributed by atoms with van der Waals surface area (Å²) in [6.45, 7) is 6.62. The van der Waals surface area contributed by atoms with Gasteiger partial charge in [0.15, 0.2) is 0 Å². The quantitative estimate of drug-likeness (QED) is 0.700. The van der Waals surface area contributed by atoms with E-state index in [9.17, 15) is 4.79 Å². The van der Waals surface area contributed by atoms with Crippen molar-refractivity contribution in [2.45, 2.75) is 27.3 Å². The molecule has 25 heavy (non-hydrogen) atoms. The summed E-state index contributed by atoms with van der Waals surface area (Å²) >= 11 is 1.40. The fourth-order valence-electron chi connectivity index (χ4n) is 2.72. The molecule has 0 aliphatic rings. The van der Waals surface area contributed by atoms with E-state index < -0.39 is 0 Å². The van der Waals surface area contributed by atoms with Gasteiger partial charge in [0.05, 0.1) is 11.4 Å². The minimum absolute atomic E-state index is 0.00263. The Balaban J connectivity index is 1.82. The summed E-state index contributed by atoms with van der Waals surface area (Å²) in [7, 11) is 1.83. The van der Waals surface area contributed by atoms with Gasteiger partial charge in [0.1, 0.15) is 9.88 Å². The number of thiazole rings is 1. The molecule has 4 nitrogen and oxygen atoms in total. The highest BCUT2D eigenvalue weighted by molar-refractivity contribution is 7.17. The minimum atomic E-state index is -0.00263. The average Bonchev–Trinajstić information content (AvgIpc) is 2.99. The van der Waals surface area contributed by atoms with Crippen LogP contribution in [0, 0.1) is 20.8 Å². The average molecular weight is 351 g/mol. The Morgan fingerprint density at radius 3 is 2.64 bits per heavy atom.